The highest BCUT2D eigenvalue weighted by Gasteiger charge is 2.28. The lowest BCUT2D eigenvalue weighted by Crippen LogP contribution is -2.12. The first-order valence-corrected chi connectivity index (χ1v) is 25.8. The van der Waals surface area contributed by atoms with E-state index in [1.807, 2.05) is 0 Å². The van der Waals surface area contributed by atoms with Crippen LogP contribution in [-0.4, -0.2) is 0 Å². The molecule has 0 N–H and O–H groups in total. The second-order valence-electron chi connectivity index (χ2n) is 19.5. The van der Waals surface area contributed by atoms with Gasteiger partial charge in [-0.3, -0.25) is 0 Å². The Morgan fingerprint density at radius 2 is 0.613 bits per heavy atom. The Morgan fingerprint density at radius 3 is 1.13 bits per heavy atom. The normalized spacial score (nSPS) is 11.7. The zero-order valence-corrected chi connectivity index (χ0v) is 40.9. The smallest absolute Gasteiger partial charge is 0.138 e. The Labute approximate surface area is 434 Å². The molecule has 0 radical (unpaired) electrons. The van der Waals surface area contributed by atoms with Crippen molar-refractivity contribution < 1.29 is 4.42 Å². The van der Waals surface area contributed by atoms with E-state index in [2.05, 4.69) is 289 Å². The first-order chi connectivity index (χ1) is 37.3. The number of nitrogens with zero attached hydrogens (tertiary/aromatic N) is 2. The monoisotopic (exact) mass is 954 g/mol. The molecule has 75 heavy (non-hydrogen) atoms. The van der Waals surface area contributed by atoms with Crippen LogP contribution in [0.15, 0.2) is 283 Å². The second kappa shape index (κ2) is 17.4. The van der Waals surface area contributed by atoms with Gasteiger partial charge in [0.1, 0.15) is 11.2 Å². The van der Waals surface area contributed by atoms with Gasteiger partial charge < -0.3 is 14.2 Å². The molecule has 0 spiro atoms. The third-order valence-corrected chi connectivity index (χ3v) is 15.4. The van der Waals surface area contributed by atoms with E-state index in [4.69, 9.17) is 4.42 Å². The van der Waals surface area contributed by atoms with E-state index in [1.54, 1.807) is 0 Å². The van der Waals surface area contributed by atoms with Gasteiger partial charge in [-0.2, -0.15) is 0 Å². The van der Waals surface area contributed by atoms with E-state index in [0.717, 1.165) is 83.2 Å². The van der Waals surface area contributed by atoms with Gasteiger partial charge in [-0.25, -0.2) is 0 Å². The van der Waals surface area contributed by atoms with Gasteiger partial charge in [0.05, 0.1) is 17.1 Å². The molecule has 14 aromatic carbocycles. The quantitative estimate of drug-likeness (QED) is 0.142. The molecule has 0 bridgehead atoms. The van der Waals surface area contributed by atoms with Crippen molar-refractivity contribution in [1.82, 2.24) is 0 Å². The van der Waals surface area contributed by atoms with Crippen LogP contribution in [0.1, 0.15) is 0 Å². The first-order valence-electron chi connectivity index (χ1n) is 25.8. The maximum Gasteiger partial charge on any atom is 0.138 e. The second-order valence-corrected chi connectivity index (χ2v) is 19.5. The average molecular weight is 955 g/mol. The molecule has 1 aromatic heterocycles. The molecule has 0 saturated carbocycles. The number of para-hydroxylation sites is 2. The Kier molecular flexibility index (Phi) is 9.89. The molecular weight excluding hydrogens is 909 g/mol. The summed E-state index contributed by atoms with van der Waals surface area (Å²) in [5, 5.41) is 16.3. The highest BCUT2D eigenvalue weighted by atomic mass is 16.3. The van der Waals surface area contributed by atoms with Gasteiger partial charge in [0, 0.05) is 60.8 Å². The van der Waals surface area contributed by atoms with Crippen molar-refractivity contribution in [1.29, 1.82) is 0 Å². The highest BCUT2D eigenvalue weighted by molar-refractivity contribution is 6.32. The van der Waals surface area contributed by atoms with Gasteiger partial charge in [-0.1, -0.05) is 231 Å². The Hall–Kier alpha value is -9.96. The van der Waals surface area contributed by atoms with Crippen molar-refractivity contribution in [2.24, 2.45) is 0 Å². The van der Waals surface area contributed by atoms with Crippen molar-refractivity contribution >= 4 is 121 Å². The minimum atomic E-state index is 0.851. The van der Waals surface area contributed by atoms with Crippen LogP contribution in [0, 0.1) is 0 Å². The number of hydrogen-bond donors (Lipinski definition) is 0. The van der Waals surface area contributed by atoms with E-state index in [0.29, 0.717) is 0 Å². The summed E-state index contributed by atoms with van der Waals surface area (Å²) >= 11 is 0. The number of benzene rings is 14. The van der Waals surface area contributed by atoms with Crippen LogP contribution in [0.4, 0.5) is 34.1 Å². The molecular formula is C72H46N2O. The van der Waals surface area contributed by atoms with Gasteiger partial charge in [-0.05, 0) is 102 Å². The van der Waals surface area contributed by atoms with Crippen molar-refractivity contribution in [3.8, 4) is 22.3 Å². The van der Waals surface area contributed by atoms with Crippen LogP contribution in [0.3, 0.4) is 0 Å². The zero-order chi connectivity index (χ0) is 49.4. The van der Waals surface area contributed by atoms with Gasteiger partial charge in [0.25, 0.3) is 0 Å². The summed E-state index contributed by atoms with van der Waals surface area (Å²) < 4.78 is 6.99. The molecule has 1 heterocycles. The fourth-order valence-electron chi connectivity index (χ4n) is 12.2. The van der Waals surface area contributed by atoms with Crippen LogP contribution < -0.4 is 9.80 Å². The fourth-order valence-corrected chi connectivity index (χ4v) is 12.2. The summed E-state index contributed by atoms with van der Waals surface area (Å²) in [6.07, 6.45) is 0. The molecule has 15 rings (SSSR count). The van der Waals surface area contributed by atoms with Gasteiger partial charge >= 0.3 is 0 Å². The molecule has 15 aromatic rings. The van der Waals surface area contributed by atoms with Gasteiger partial charge in [-0.15, -0.1) is 0 Å². The van der Waals surface area contributed by atoms with Crippen molar-refractivity contribution in [3.05, 3.63) is 279 Å². The number of furan rings is 1. The molecule has 3 heteroatoms. The lowest BCUT2D eigenvalue weighted by molar-refractivity contribution is 0.669. The molecule has 0 unspecified atom stereocenters. The number of hydrogen-bond acceptors (Lipinski definition) is 3. The number of rotatable bonds is 8. The third-order valence-electron chi connectivity index (χ3n) is 15.4. The van der Waals surface area contributed by atoms with E-state index in [1.165, 1.54) is 59.8 Å². The lowest BCUT2D eigenvalue weighted by Gasteiger charge is -2.32. The molecule has 0 saturated heterocycles. The predicted octanol–water partition coefficient (Wildman–Crippen LogP) is 20.8. The van der Waals surface area contributed by atoms with Crippen LogP contribution in [-0.2, 0) is 0 Å². The lowest BCUT2D eigenvalue weighted by atomic mass is 9.84. The molecule has 0 aliphatic heterocycles. The summed E-state index contributed by atoms with van der Waals surface area (Å²) in [4.78, 5) is 4.94. The Balaban J connectivity index is 1.05. The van der Waals surface area contributed by atoms with Crippen molar-refractivity contribution in [2.75, 3.05) is 9.80 Å². The SMILES string of the molecule is c1ccc(-c2ccc(N(c3c4ccccc4c(-c4c5ccccc5c(N(c5ccccc5)c5ccccc5)c5ccccc45)c4ccccc34)c3cc4oc5ccc6ccccc6c5c4c4ccccc34)cc2)cc1. The van der Waals surface area contributed by atoms with E-state index >= 15 is 0 Å². The minimum Gasteiger partial charge on any atom is -0.456 e. The fraction of sp³-hybridized carbons (Fsp3) is 0. The zero-order valence-electron chi connectivity index (χ0n) is 40.9. The summed E-state index contributed by atoms with van der Waals surface area (Å²) in [7, 11) is 0. The maximum absolute atomic E-state index is 6.99. The Morgan fingerprint density at radius 1 is 0.240 bits per heavy atom. The van der Waals surface area contributed by atoms with Gasteiger partial charge in [0.2, 0.25) is 0 Å². The average Bonchev–Trinajstić information content (AvgIpc) is 3.94. The van der Waals surface area contributed by atoms with E-state index in [9.17, 15) is 0 Å². The molecule has 0 amide bonds. The predicted molar refractivity (Wildman–Crippen MR) is 319 cm³/mol. The minimum absolute atomic E-state index is 0.851. The van der Waals surface area contributed by atoms with Crippen molar-refractivity contribution in [3.63, 3.8) is 0 Å². The molecule has 0 fully saturated rings. The highest BCUT2D eigenvalue weighted by Crippen LogP contribution is 2.55. The molecule has 0 atom stereocenters. The maximum atomic E-state index is 6.99. The van der Waals surface area contributed by atoms with Crippen LogP contribution in [0.25, 0.3) is 109 Å². The van der Waals surface area contributed by atoms with Crippen molar-refractivity contribution in [2.45, 2.75) is 0 Å². The van der Waals surface area contributed by atoms with E-state index < -0.39 is 0 Å². The standard InChI is InChI=1S/C72H46N2O/c1-4-22-47(23-5-1)48-40-43-52(44-41-48)74(64-46-66-70(55-31-13-12-30-54(55)64)69-53-29-11-10-24-49(53)42-45-65(69)75-66)72-62-38-20-16-34-58(62)68(59-35-17-21-39-63(59)72)67-56-32-14-18-36-60(56)71(61-37-19-15-33-57(61)67)73(50-25-6-2-7-26-50)51-27-8-3-9-28-51/h1-46H. The van der Waals surface area contributed by atoms with Crippen LogP contribution in [0.5, 0.6) is 0 Å². The number of fused-ring (bicyclic) bond motifs is 11. The third kappa shape index (κ3) is 6.75. The van der Waals surface area contributed by atoms with Crippen LogP contribution >= 0.6 is 0 Å². The van der Waals surface area contributed by atoms with E-state index in [-0.39, 0.29) is 0 Å². The summed E-state index contributed by atoms with van der Waals surface area (Å²) in [6.45, 7) is 0. The first kappa shape index (κ1) is 42.7. The largest absolute Gasteiger partial charge is 0.456 e. The molecule has 0 aliphatic rings. The topological polar surface area (TPSA) is 19.6 Å². The Bertz CT molecular complexity index is 4540. The summed E-state index contributed by atoms with van der Waals surface area (Å²) in [5.74, 6) is 0. The molecule has 3 nitrogen and oxygen atoms in total. The molecule has 350 valence electrons. The number of anilines is 6. The summed E-state index contributed by atoms with van der Waals surface area (Å²) in [5.41, 5.74) is 13.0. The molecule has 0 aliphatic carbocycles. The van der Waals surface area contributed by atoms with Gasteiger partial charge in [0.15, 0.2) is 0 Å². The van der Waals surface area contributed by atoms with Crippen LogP contribution in [0.2, 0.25) is 0 Å². The summed E-state index contributed by atoms with van der Waals surface area (Å²) in [6, 6.07) is 102.